The first-order valence-electron chi connectivity index (χ1n) is 8.66. The Bertz CT molecular complexity index is 1150. The van der Waals surface area contributed by atoms with Crippen LogP contribution < -0.4 is 0 Å². The van der Waals surface area contributed by atoms with Crippen molar-refractivity contribution in [3.63, 3.8) is 0 Å². The predicted molar refractivity (Wildman–Crippen MR) is 116 cm³/mol. The molecule has 6 heteroatoms. The molecule has 0 spiro atoms. The number of benzene rings is 3. The molecular formula is C23H13Cl2F3S. The van der Waals surface area contributed by atoms with E-state index in [0.717, 1.165) is 11.3 Å². The number of halogens is 5. The van der Waals surface area contributed by atoms with Gasteiger partial charge in [0.2, 0.25) is 0 Å². The molecule has 0 aliphatic rings. The number of alkyl halides is 3. The maximum absolute atomic E-state index is 14.4. The molecule has 0 saturated carbocycles. The maximum Gasteiger partial charge on any atom is 0.418 e. The van der Waals surface area contributed by atoms with Crippen LogP contribution in [0.3, 0.4) is 0 Å². The fourth-order valence-electron chi connectivity index (χ4n) is 3.22. The van der Waals surface area contributed by atoms with E-state index in [2.05, 4.69) is 0 Å². The van der Waals surface area contributed by atoms with Gasteiger partial charge in [-0.15, -0.1) is 11.3 Å². The molecule has 3 aromatic carbocycles. The van der Waals surface area contributed by atoms with Gasteiger partial charge >= 0.3 is 6.18 Å². The predicted octanol–water partition coefficient (Wildman–Crippen LogP) is 9.07. The minimum Gasteiger partial charge on any atom is -0.166 e. The average Bonchev–Trinajstić information content (AvgIpc) is 3.10. The molecule has 0 amide bonds. The molecule has 1 heterocycles. The number of thiophene rings is 1. The zero-order chi connectivity index (χ0) is 20.6. The van der Waals surface area contributed by atoms with Crippen molar-refractivity contribution in [3.05, 3.63) is 94.5 Å². The molecule has 0 bridgehead atoms. The molecule has 0 saturated heterocycles. The fraction of sp³-hybridized carbons (Fsp3) is 0.0435. The summed E-state index contributed by atoms with van der Waals surface area (Å²) in [6.07, 6.45) is -4.56. The Kier molecular flexibility index (Phi) is 5.43. The lowest BCUT2D eigenvalue weighted by Gasteiger charge is -2.14. The highest BCUT2D eigenvalue weighted by atomic mass is 35.5. The molecule has 4 aromatic rings. The van der Waals surface area contributed by atoms with Gasteiger partial charge in [-0.2, -0.15) is 13.2 Å². The smallest absolute Gasteiger partial charge is 0.166 e. The molecule has 0 nitrogen and oxygen atoms in total. The van der Waals surface area contributed by atoms with Crippen molar-refractivity contribution in [1.29, 1.82) is 0 Å². The summed E-state index contributed by atoms with van der Waals surface area (Å²) in [5.74, 6) is 0. The minimum absolute atomic E-state index is 0.101. The van der Waals surface area contributed by atoms with E-state index in [1.165, 1.54) is 0 Å². The lowest BCUT2D eigenvalue weighted by molar-refractivity contribution is -0.136. The molecule has 1 aromatic heterocycles. The molecule has 0 N–H and O–H groups in total. The first kappa shape index (κ1) is 20.0. The molecule has 0 aliphatic carbocycles. The summed E-state index contributed by atoms with van der Waals surface area (Å²) in [5, 5.41) is 0.740. The summed E-state index contributed by atoms with van der Waals surface area (Å²) in [4.78, 5) is 0.666. The normalized spacial score (nSPS) is 11.6. The molecule has 0 fully saturated rings. The summed E-state index contributed by atoms with van der Waals surface area (Å²) in [6, 6.07) is 22.1. The van der Waals surface area contributed by atoms with E-state index >= 15 is 0 Å². The second-order valence-electron chi connectivity index (χ2n) is 6.36. The fourth-order valence-corrected chi connectivity index (χ4v) is 4.92. The summed E-state index contributed by atoms with van der Waals surface area (Å²) in [7, 11) is 0. The van der Waals surface area contributed by atoms with Gasteiger partial charge in [0, 0.05) is 30.9 Å². The van der Waals surface area contributed by atoms with Gasteiger partial charge in [0.05, 0.1) is 5.56 Å². The zero-order valence-corrected chi connectivity index (χ0v) is 17.1. The first-order valence-corrected chi connectivity index (χ1v) is 10.2. The Morgan fingerprint density at radius 1 is 0.655 bits per heavy atom. The van der Waals surface area contributed by atoms with Crippen molar-refractivity contribution in [2.75, 3.05) is 0 Å². The summed E-state index contributed by atoms with van der Waals surface area (Å²) >= 11 is 13.4. The average molecular weight is 449 g/mol. The van der Waals surface area contributed by atoms with Crippen LogP contribution in [0.1, 0.15) is 5.56 Å². The standard InChI is InChI=1S/C23H13Cl2F3S/c24-16-12-10-15(11-13-16)22-20(23(26,27)28)19(17-8-4-5-9-18(17)25)21(29-22)14-6-2-1-3-7-14/h1-13H. The molecule has 29 heavy (non-hydrogen) atoms. The Morgan fingerprint density at radius 3 is 1.86 bits per heavy atom. The summed E-state index contributed by atoms with van der Waals surface area (Å²) < 4.78 is 43.1. The summed E-state index contributed by atoms with van der Waals surface area (Å²) in [6.45, 7) is 0. The highest BCUT2D eigenvalue weighted by molar-refractivity contribution is 7.19. The Morgan fingerprint density at radius 2 is 1.24 bits per heavy atom. The van der Waals surface area contributed by atoms with E-state index < -0.39 is 11.7 Å². The third-order valence-corrected chi connectivity index (χ3v) is 6.35. The second kappa shape index (κ2) is 7.86. The minimum atomic E-state index is -4.56. The Labute approximate surface area is 180 Å². The van der Waals surface area contributed by atoms with Gasteiger partial charge in [0.25, 0.3) is 0 Å². The molecule has 0 aliphatic heterocycles. The maximum atomic E-state index is 14.4. The van der Waals surface area contributed by atoms with Crippen molar-refractivity contribution in [2.45, 2.75) is 6.18 Å². The van der Waals surface area contributed by atoms with E-state index in [-0.39, 0.29) is 15.5 Å². The molecule has 0 atom stereocenters. The monoisotopic (exact) mass is 448 g/mol. The zero-order valence-electron chi connectivity index (χ0n) is 14.8. The third kappa shape index (κ3) is 3.93. The van der Waals surface area contributed by atoms with Crippen LogP contribution in [0.25, 0.3) is 32.0 Å². The molecule has 4 rings (SSSR count). The Balaban J connectivity index is 2.11. The largest absolute Gasteiger partial charge is 0.418 e. The van der Waals surface area contributed by atoms with Crippen LogP contribution in [0.2, 0.25) is 10.0 Å². The van der Waals surface area contributed by atoms with Crippen molar-refractivity contribution < 1.29 is 13.2 Å². The van der Waals surface area contributed by atoms with Gasteiger partial charge in [-0.1, -0.05) is 83.9 Å². The SMILES string of the molecule is FC(F)(F)c1c(-c2ccc(Cl)cc2)sc(-c2ccccc2)c1-c1ccccc1Cl. The van der Waals surface area contributed by atoms with Crippen LogP contribution in [0.4, 0.5) is 13.2 Å². The first-order chi connectivity index (χ1) is 13.9. The van der Waals surface area contributed by atoms with E-state index in [0.29, 0.717) is 26.6 Å². The van der Waals surface area contributed by atoms with Gasteiger partial charge in [0.15, 0.2) is 0 Å². The van der Waals surface area contributed by atoms with Gasteiger partial charge in [-0.05, 0) is 29.3 Å². The van der Waals surface area contributed by atoms with Crippen LogP contribution in [0.5, 0.6) is 0 Å². The van der Waals surface area contributed by atoms with Crippen LogP contribution in [0, 0.1) is 0 Å². The molecule has 0 unspecified atom stereocenters. The van der Waals surface area contributed by atoms with E-state index in [1.807, 2.05) is 6.07 Å². The highest BCUT2D eigenvalue weighted by Crippen LogP contribution is 2.54. The van der Waals surface area contributed by atoms with Crippen molar-refractivity contribution >= 4 is 34.5 Å². The van der Waals surface area contributed by atoms with Gasteiger partial charge < -0.3 is 0 Å². The van der Waals surface area contributed by atoms with Gasteiger partial charge in [0.1, 0.15) is 0 Å². The third-order valence-electron chi connectivity index (χ3n) is 4.48. The van der Waals surface area contributed by atoms with E-state index in [4.69, 9.17) is 23.2 Å². The van der Waals surface area contributed by atoms with Crippen LogP contribution in [-0.4, -0.2) is 0 Å². The van der Waals surface area contributed by atoms with E-state index in [1.54, 1.807) is 72.8 Å². The van der Waals surface area contributed by atoms with Gasteiger partial charge in [-0.25, -0.2) is 0 Å². The van der Waals surface area contributed by atoms with Crippen LogP contribution >= 0.6 is 34.5 Å². The van der Waals surface area contributed by atoms with Crippen molar-refractivity contribution in [2.24, 2.45) is 0 Å². The van der Waals surface area contributed by atoms with Crippen LogP contribution in [-0.2, 0) is 6.18 Å². The summed E-state index contributed by atoms with van der Waals surface area (Å²) in [5.41, 5.74) is 0.943. The molecule has 0 radical (unpaired) electrons. The molecular weight excluding hydrogens is 436 g/mol. The van der Waals surface area contributed by atoms with Crippen LogP contribution in [0.15, 0.2) is 78.9 Å². The lowest BCUT2D eigenvalue weighted by atomic mass is 9.95. The quantitative estimate of drug-likeness (QED) is 0.293. The van der Waals surface area contributed by atoms with Gasteiger partial charge in [-0.3, -0.25) is 0 Å². The Hall–Kier alpha value is -2.27. The van der Waals surface area contributed by atoms with Crippen molar-refractivity contribution in [1.82, 2.24) is 0 Å². The number of rotatable bonds is 3. The second-order valence-corrected chi connectivity index (χ2v) is 8.23. The number of hydrogen-bond donors (Lipinski definition) is 0. The number of hydrogen-bond acceptors (Lipinski definition) is 1. The topological polar surface area (TPSA) is 0 Å². The molecule has 146 valence electrons. The van der Waals surface area contributed by atoms with Crippen molar-refractivity contribution in [3.8, 4) is 32.0 Å². The lowest BCUT2D eigenvalue weighted by Crippen LogP contribution is -2.07. The highest BCUT2D eigenvalue weighted by Gasteiger charge is 2.40. The van der Waals surface area contributed by atoms with E-state index in [9.17, 15) is 13.2 Å².